The van der Waals surface area contributed by atoms with E-state index >= 15 is 0 Å². The highest BCUT2D eigenvalue weighted by atomic mass is 14.6. The summed E-state index contributed by atoms with van der Waals surface area (Å²) in [5.74, 6) is 1.47. The van der Waals surface area contributed by atoms with Crippen molar-refractivity contribution in [1.29, 1.82) is 0 Å². The van der Waals surface area contributed by atoms with Gasteiger partial charge in [0.05, 0.1) is 0 Å². The van der Waals surface area contributed by atoms with Gasteiger partial charge in [-0.1, -0.05) is 31.0 Å². The Morgan fingerprint density at radius 1 is 1.06 bits per heavy atom. The van der Waals surface area contributed by atoms with Gasteiger partial charge in [0.15, 0.2) is 0 Å². The van der Waals surface area contributed by atoms with Crippen LogP contribution in [0.3, 0.4) is 0 Å². The molecule has 3 rings (SSSR count). The van der Waals surface area contributed by atoms with Crippen LogP contribution in [-0.4, -0.2) is 6.54 Å². The van der Waals surface area contributed by atoms with E-state index in [0.717, 1.165) is 12.5 Å². The number of hydrogen-bond acceptors (Lipinski definition) is 1. The molecule has 1 fully saturated rings. The van der Waals surface area contributed by atoms with E-state index in [0.29, 0.717) is 5.92 Å². The minimum absolute atomic E-state index is 0.622. The largest absolute Gasteiger partial charge is 0.330 e. The monoisotopic (exact) mass is 229 g/mol. The van der Waals surface area contributed by atoms with Crippen molar-refractivity contribution in [2.45, 2.75) is 56.8 Å². The molecule has 2 aliphatic carbocycles. The summed E-state index contributed by atoms with van der Waals surface area (Å²) in [6, 6.07) is 7.25. The normalized spacial score (nSPS) is 24.9. The molecule has 17 heavy (non-hydrogen) atoms. The third kappa shape index (κ3) is 2.13. The molecule has 2 aliphatic rings. The van der Waals surface area contributed by atoms with E-state index in [-0.39, 0.29) is 0 Å². The highest BCUT2D eigenvalue weighted by Crippen LogP contribution is 2.37. The Kier molecular flexibility index (Phi) is 3.19. The SMILES string of the molecule is NCC1CCCc2cc(C3CCCC3)ccc21. The molecular weight excluding hydrogens is 206 g/mol. The summed E-state index contributed by atoms with van der Waals surface area (Å²) < 4.78 is 0. The molecule has 1 unspecified atom stereocenters. The standard InChI is InChI=1S/C16H23N/c17-11-15-7-3-6-14-10-13(8-9-16(14)15)12-4-1-2-5-12/h8-10,12,15H,1-7,11,17H2. The van der Waals surface area contributed by atoms with Gasteiger partial charge in [-0.15, -0.1) is 0 Å². The molecule has 0 aromatic heterocycles. The zero-order valence-corrected chi connectivity index (χ0v) is 10.6. The van der Waals surface area contributed by atoms with Crippen LogP contribution in [-0.2, 0) is 6.42 Å². The fourth-order valence-electron chi connectivity index (χ4n) is 3.69. The van der Waals surface area contributed by atoms with Gasteiger partial charge in [-0.3, -0.25) is 0 Å². The van der Waals surface area contributed by atoms with Crippen molar-refractivity contribution in [1.82, 2.24) is 0 Å². The lowest BCUT2D eigenvalue weighted by Crippen LogP contribution is -2.18. The van der Waals surface area contributed by atoms with Gasteiger partial charge in [0, 0.05) is 0 Å². The Morgan fingerprint density at radius 2 is 1.88 bits per heavy atom. The molecule has 92 valence electrons. The molecule has 0 saturated heterocycles. The zero-order valence-electron chi connectivity index (χ0n) is 10.6. The molecular formula is C16H23N. The van der Waals surface area contributed by atoms with Crippen LogP contribution in [0, 0.1) is 0 Å². The lowest BCUT2D eigenvalue weighted by molar-refractivity contribution is 0.559. The topological polar surface area (TPSA) is 26.0 Å². The highest BCUT2D eigenvalue weighted by molar-refractivity contribution is 5.38. The van der Waals surface area contributed by atoms with Crippen LogP contribution < -0.4 is 5.73 Å². The van der Waals surface area contributed by atoms with Gasteiger partial charge in [-0.05, 0) is 67.2 Å². The second-order valence-electron chi connectivity index (χ2n) is 5.76. The van der Waals surface area contributed by atoms with Crippen molar-refractivity contribution in [2.75, 3.05) is 6.54 Å². The van der Waals surface area contributed by atoms with Crippen molar-refractivity contribution in [3.05, 3.63) is 34.9 Å². The number of fused-ring (bicyclic) bond motifs is 1. The second kappa shape index (κ2) is 4.81. The van der Waals surface area contributed by atoms with E-state index in [1.165, 1.54) is 44.9 Å². The minimum atomic E-state index is 0.622. The number of aryl methyl sites for hydroxylation is 1. The molecule has 0 bridgehead atoms. The summed E-state index contributed by atoms with van der Waals surface area (Å²) in [6.07, 6.45) is 9.53. The predicted molar refractivity (Wildman–Crippen MR) is 72.4 cm³/mol. The first-order chi connectivity index (χ1) is 8.38. The van der Waals surface area contributed by atoms with Crippen LogP contribution in [0.5, 0.6) is 0 Å². The third-order valence-corrected chi connectivity index (χ3v) is 4.72. The van der Waals surface area contributed by atoms with Gasteiger partial charge in [-0.25, -0.2) is 0 Å². The van der Waals surface area contributed by atoms with Crippen LogP contribution in [0.4, 0.5) is 0 Å². The number of rotatable bonds is 2. The average Bonchev–Trinajstić information content (AvgIpc) is 2.91. The molecule has 1 heteroatoms. The summed E-state index contributed by atoms with van der Waals surface area (Å²) in [5, 5.41) is 0. The molecule has 0 spiro atoms. The molecule has 0 heterocycles. The number of benzene rings is 1. The summed E-state index contributed by atoms with van der Waals surface area (Å²) in [7, 11) is 0. The van der Waals surface area contributed by atoms with Crippen LogP contribution in [0.1, 0.15) is 67.1 Å². The lowest BCUT2D eigenvalue weighted by atomic mass is 9.81. The van der Waals surface area contributed by atoms with E-state index < -0.39 is 0 Å². The Balaban J connectivity index is 1.90. The Morgan fingerprint density at radius 3 is 2.65 bits per heavy atom. The zero-order chi connectivity index (χ0) is 11.7. The van der Waals surface area contributed by atoms with Crippen LogP contribution in [0.2, 0.25) is 0 Å². The first-order valence-corrected chi connectivity index (χ1v) is 7.21. The Hall–Kier alpha value is -0.820. The van der Waals surface area contributed by atoms with Crippen LogP contribution in [0.15, 0.2) is 18.2 Å². The maximum atomic E-state index is 5.88. The molecule has 0 radical (unpaired) electrons. The molecule has 2 N–H and O–H groups in total. The predicted octanol–water partition coefficient (Wildman–Crippen LogP) is 3.72. The van der Waals surface area contributed by atoms with Crippen molar-refractivity contribution >= 4 is 0 Å². The summed E-state index contributed by atoms with van der Waals surface area (Å²) >= 11 is 0. The second-order valence-corrected chi connectivity index (χ2v) is 5.76. The van der Waals surface area contributed by atoms with Crippen LogP contribution >= 0.6 is 0 Å². The summed E-state index contributed by atoms with van der Waals surface area (Å²) in [4.78, 5) is 0. The minimum Gasteiger partial charge on any atom is -0.330 e. The maximum absolute atomic E-state index is 5.88. The molecule has 1 aromatic carbocycles. The van der Waals surface area contributed by atoms with Crippen molar-refractivity contribution < 1.29 is 0 Å². The summed E-state index contributed by atoms with van der Waals surface area (Å²) in [6.45, 7) is 0.815. The molecule has 1 aromatic rings. The number of hydrogen-bond donors (Lipinski definition) is 1. The lowest BCUT2D eigenvalue weighted by Gasteiger charge is -2.25. The van der Waals surface area contributed by atoms with Crippen LogP contribution in [0.25, 0.3) is 0 Å². The quantitative estimate of drug-likeness (QED) is 0.821. The number of nitrogens with two attached hydrogens (primary N) is 1. The maximum Gasteiger partial charge on any atom is -0.000813 e. The third-order valence-electron chi connectivity index (χ3n) is 4.72. The fraction of sp³-hybridized carbons (Fsp3) is 0.625. The molecule has 1 atom stereocenters. The Bertz CT molecular complexity index is 391. The fourth-order valence-corrected chi connectivity index (χ4v) is 3.69. The molecule has 0 aliphatic heterocycles. The first-order valence-electron chi connectivity index (χ1n) is 7.21. The van der Waals surface area contributed by atoms with E-state index in [1.807, 2.05) is 0 Å². The smallest absolute Gasteiger partial charge is 0.000813 e. The summed E-state index contributed by atoms with van der Waals surface area (Å²) in [5.41, 5.74) is 10.6. The van der Waals surface area contributed by atoms with E-state index in [2.05, 4.69) is 18.2 Å². The van der Waals surface area contributed by atoms with Crippen molar-refractivity contribution in [2.24, 2.45) is 5.73 Å². The van der Waals surface area contributed by atoms with Gasteiger partial charge in [0.25, 0.3) is 0 Å². The highest BCUT2D eigenvalue weighted by Gasteiger charge is 2.22. The molecule has 0 amide bonds. The molecule has 1 nitrogen and oxygen atoms in total. The van der Waals surface area contributed by atoms with E-state index in [4.69, 9.17) is 5.73 Å². The van der Waals surface area contributed by atoms with Gasteiger partial charge in [-0.2, -0.15) is 0 Å². The van der Waals surface area contributed by atoms with Crippen molar-refractivity contribution in [3.63, 3.8) is 0 Å². The van der Waals surface area contributed by atoms with Gasteiger partial charge >= 0.3 is 0 Å². The van der Waals surface area contributed by atoms with E-state index in [9.17, 15) is 0 Å². The first kappa shape index (κ1) is 11.3. The van der Waals surface area contributed by atoms with Crippen molar-refractivity contribution in [3.8, 4) is 0 Å². The molecule has 1 saturated carbocycles. The Labute approximate surface area is 104 Å². The van der Waals surface area contributed by atoms with Gasteiger partial charge < -0.3 is 5.73 Å². The average molecular weight is 229 g/mol. The van der Waals surface area contributed by atoms with Gasteiger partial charge in [0.1, 0.15) is 0 Å². The van der Waals surface area contributed by atoms with E-state index in [1.54, 1.807) is 16.7 Å². The van der Waals surface area contributed by atoms with Gasteiger partial charge in [0.2, 0.25) is 0 Å².